The summed E-state index contributed by atoms with van der Waals surface area (Å²) in [5, 5.41) is 3.45. The van der Waals surface area contributed by atoms with Crippen molar-refractivity contribution in [2.24, 2.45) is 0 Å². The van der Waals surface area contributed by atoms with Crippen LogP contribution in [0.3, 0.4) is 0 Å². The topological polar surface area (TPSA) is 29.9 Å². The van der Waals surface area contributed by atoms with Gasteiger partial charge in [0, 0.05) is 17.1 Å². The second-order valence-electron chi connectivity index (χ2n) is 4.69. The minimum atomic E-state index is 0.528. The molecular weight excluding hydrogens is 290 g/mol. The van der Waals surface area contributed by atoms with E-state index in [1.165, 1.54) is 24.1 Å². The van der Waals surface area contributed by atoms with Crippen LogP contribution in [0.1, 0.15) is 18.9 Å². The lowest BCUT2D eigenvalue weighted by atomic mass is 10.1. The van der Waals surface area contributed by atoms with Crippen LogP contribution in [0.15, 0.2) is 41.3 Å². The highest BCUT2D eigenvalue weighted by Crippen LogP contribution is 2.26. The average molecular weight is 306 g/mol. The zero-order valence-electron chi connectivity index (χ0n) is 10.1. The van der Waals surface area contributed by atoms with E-state index in [-0.39, 0.29) is 0 Å². The van der Waals surface area contributed by atoms with Crippen LogP contribution in [0.25, 0.3) is 11.3 Å². The van der Waals surface area contributed by atoms with E-state index in [4.69, 9.17) is 0 Å². The highest BCUT2D eigenvalue weighted by molar-refractivity contribution is 9.10. The van der Waals surface area contributed by atoms with Gasteiger partial charge in [-0.1, -0.05) is 28.1 Å². The Morgan fingerprint density at radius 2 is 2.11 bits per heavy atom. The summed E-state index contributed by atoms with van der Waals surface area (Å²) >= 11 is 3.47. The molecule has 0 aliphatic carbocycles. The lowest BCUT2D eigenvalue weighted by molar-refractivity contribution is 0.373. The van der Waals surface area contributed by atoms with E-state index in [0.717, 1.165) is 17.6 Å². The molecule has 0 amide bonds. The molecule has 2 aromatic rings. The number of aromatic nitrogens is 2. The summed E-state index contributed by atoms with van der Waals surface area (Å²) in [7, 11) is 0. The molecule has 1 fully saturated rings. The minimum Gasteiger partial charge on any atom is -0.326 e. The maximum Gasteiger partial charge on any atom is 0.0954 e. The zero-order chi connectivity index (χ0) is 12.4. The van der Waals surface area contributed by atoms with Crippen molar-refractivity contribution in [2.75, 3.05) is 13.1 Å². The van der Waals surface area contributed by atoms with Gasteiger partial charge in [-0.3, -0.25) is 0 Å². The van der Waals surface area contributed by atoms with Gasteiger partial charge in [0.15, 0.2) is 0 Å². The minimum absolute atomic E-state index is 0.528. The Balaban J connectivity index is 1.93. The number of halogens is 1. The Bertz CT molecular complexity index is 512. The van der Waals surface area contributed by atoms with E-state index in [1.54, 1.807) is 0 Å². The van der Waals surface area contributed by atoms with Crippen LogP contribution >= 0.6 is 15.9 Å². The molecule has 94 valence electrons. The van der Waals surface area contributed by atoms with Gasteiger partial charge < -0.3 is 9.88 Å². The Hall–Kier alpha value is -1.13. The van der Waals surface area contributed by atoms with Crippen molar-refractivity contribution in [3.8, 4) is 11.3 Å². The lowest BCUT2D eigenvalue weighted by Gasteiger charge is -2.25. The van der Waals surface area contributed by atoms with Gasteiger partial charge in [0.25, 0.3) is 0 Å². The molecule has 1 aromatic carbocycles. The molecule has 1 aliphatic rings. The molecule has 0 saturated carbocycles. The molecule has 4 heteroatoms. The Kier molecular flexibility index (Phi) is 3.48. The van der Waals surface area contributed by atoms with Gasteiger partial charge >= 0.3 is 0 Å². The van der Waals surface area contributed by atoms with Crippen molar-refractivity contribution in [2.45, 2.75) is 18.9 Å². The first kappa shape index (κ1) is 11.9. The highest BCUT2D eigenvalue weighted by Gasteiger charge is 2.17. The predicted molar refractivity (Wildman–Crippen MR) is 76.5 cm³/mol. The standard InChI is InChI=1S/C14H16BrN3/c15-12-5-3-11(4-6-12)14-9-17-10-18(14)13-2-1-7-16-8-13/h3-6,9-10,13,16H,1-2,7-8H2. The molecular formula is C14H16BrN3. The van der Waals surface area contributed by atoms with Gasteiger partial charge in [0.05, 0.1) is 18.2 Å². The number of hydrogen-bond donors (Lipinski definition) is 1. The van der Waals surface area contributed by atoms with Crippen molar-refractivity contribution >= 4 is 15.9 Å². The van der Waals surface area contributed by atoms with Gasteiger partial charge in [-0.05, 0) is 37.1 Å². The van der Waals surface area contributed by atoms with Crippen LogP contribution in [0.2, 0.25) is 0 Å². The van der Waals surface area contributed by atoms with E-state index in [1.807, 2.05) is 12.5 Å². The number of hydrogen-bond acceptors (Lipinski definition) is 2. The number of nitrogens with one attached hydrogen (secondary N) is 1. The van der Waals surface area contributed by atoms with Crippen LogP contribution in [-0.2, 0) is 0 Å². The molecule has 1 N–H and O–H groups in total. The van der Waals surface area contributed by atoms with Crippen molar-refractivity contribution in [1.29, 1.82) is 0 Å². The van der Waals surface area contributed by atoms with Crippen molar-refractivity contribution in [3.05, 3.63) is 41.3 Å². The molecule has 0 bridgehead atoms. The van der Waals surface area contributed by atoms with Crippen LogP contribution in [0.5, 0.6) is 0 Å². The Morgan fingerprint density at radius 3 is 2.83 bits per heavy atom. The van der Waals surface area contributed by atoms with Crippen LogP contribution in [-0.4, -0.2) is 22.6 Å². The molecule has 1 aliphatic heterocycles. The molecule has 0 spiro atoms. The van der Waals surface area contributed by atoms with Gasteiger partial charge in [0.1, 0.15) is 0 Å². The monoisotopic (exact) mass is 305 g/mol. The van der Waals surface area contributed by atoms with E-state index >= 15 is 0 Å². The van der Waals surface area contributed by atoms with Gasteiger partial charge in [-0.25, -0.2) is 4.98 Å². The first-order chi connectivity index (χ1) is 8.84. The van der Waals surface area contributed by atoms with E-state index < -0.39 is 0 Å². The molecule has 1 unspecified atom stereocenters. The van der Waals surface area contributed by atoms with Crippen molar-refractivity contribution in [1.82, 2.24) is 14.9 Å². The van der Waals surface area contributed by atoms with E-state index in [9.17, 15) is 0 Å². The largest absolute Gasteiger partial charge is 0.326 e. The molecule has 18 heavy (non-hydrogen) atoms. The average Bonchev–Trinajstić information content (AvgIpc) is 2.90. The lowest BCUT2D eigenvalue weighted by Crippen LogP contribution is -2.31. The van der Waals surface area contributed by atoms with Gasteiger partial charge in [0.2, 0.25) is 0 Å². The highest BCUT2D eigenvalue weighted by atomic mass is 79.9. The SMILES string of the molecule is Brc1ccc(-c2cncn2C2CCCNC2)cc1. The van der Waals surface area contributed by atoms with Crippen molar-refractivity contribution in [3.63, 3.8) is 0 Å². The second-order valence-corrected chi connectivity index (χ2v) is 5.61. The molecule has 1 saturated heterocycles. The van der Waals surface area contributed by atoms with Crippen LogP contribution in [0.4, 0.5) is 0 Å². The number of piperidine rings is 1. The summed E-state index contributed by atoms with van der Waals surface area (Å²) in [4.78, 5) is 4.32. The predicted octanol–water partition coefficient (Wildman–Crippen LogP) is 3.24. The maximum absolute atomic E-state index is 4.32. The zero-order valence-corrected chi connectivity index (χ0v) is 11.7. The third-order valence-corrected chi connectivity index (χ3v) is 4.00. The number of rotatable bonds is 2. The summed E-state index contributed by atoms with van der Waals surface area (Å²) in [6.07, 6.45) is 6.38. The molecule has 2 heterocycles. The third-order valence-electron chi connectivity index (χ3n) is 3.47. The van der Waals surface area contributed by atoms with Crippen molar-refractivity contribution < 1.29 is 0 Å². The fraction of sp³-hybridized carbons (Fsp3) is 0.357. The van der Waals surface area contributed by atoms with Crippen LogP contribution in [0, 0.1) is 0 Å². The molecule has 1 aromatic heterocycles. The maximum atomic E-state index is 4.32. The van der Waals surface area contributed by atoms with E-state index in [2.05, 4.69) is 55.1 Å². The quantitative estimate of drug-likeness (QED) is 0.923. The molecule has 3 nitrogen and oxygen atoms in total. The fourth-order valence-electron chi connectivity index (χ4n) is 2.51. The normalized spacial score (nSPS) is 19.9. The summed E-state index contributed by atoms with van der Waals surface area (Å²) in [6.45, 7) is 2.18. The number of benzene rings is 1. The Labute approximate surface area is 115 Å². The molecule has 0 radical (unpaired) electrons. The number of nitrogens with zero attached hydrogens (tertiary/aromatic N) is 2. The first-order valence-electron chi connectivity index (χ1n) is 6.33. The Morgan fingerprint density at radius 1 is 1.28 bits per heavy atom. The van der Waals surface area contributed by atoms with Gasteiger partial charge in [-0.2, -0.15) is 0 Å². The fourth-order valence-corrected chi connectivity index (χ4v) is 2.78. The number of imidazole rings is 1. The molecule has 1 atom stereocenters. The van der Waals surface area contributed by atoms with Crippen LogP contribution < -0.4 is 5.32 Å². The summed E-state index contributed by atoms with van der Waals surface area (Å²) in [5.74, 6) is 0. The van der Waals surface area contributed by atoms with Gasteiger partial charge in [-0.15, -0.1) is 0 Å². The molecule has 3 rings (SSSR count). The second kappa shape index (κ2) is 5.24. The third kappa shape index (κ3) is 2.35. The van der Waals surface area contributed by atoms with E-state index in [0.29, 0.717) is 6.04 Å². The smallest absolute Gasteiger partial charge is 0.0954 e. The summed E-state index contributed by atoms with van der Waals surface area (Å²) in [5.41, 5.74) is 2.43. The summed E-state index contributed by atoms with van der Waals surface area (Å²) < 4.78 is 3.41. The first-order valence-corrected chi connectivity index (χ1v) is 7.12. The summed E-state index contributed by atoms with van der Waals surface area (Å²) in [6, 6.07) is 8.94.